The first-order chi connectivity index (χ1) is 15.7. The maximum atomic E-state index is 12.0. The summed E-state index contributed by atoms with van der Waals surface area (Å²) < 4.78 is 10.5. The summed E-state index contributed by atoms with van der Waals surface area (Å²) in [5.41, 5.74) is 2.35. The van der Waals surface area contributed by atoms with E-state index in [-0.39, 0.29) is 11.9 Å². The Hall–Kier alpha value is -2.55. The van der Waals surface area contributed by atoms with Crippen LogP contribution in [-0.4, -0.2) is 67.3 Å². The highest BCUT2D eigenvalue weighted by molar-refractivity contribution is 7.17. The minimum atomic E-state index is -0.106. The van der Waals surface area contributed by atoms with E-state index in [0.29, 0.717) is 0 Å². The zero-order valence-corrected chi connectivity index (χ0v) is 19.1. The topological polar surface area (TPSA) is 67.8 Å². The minimum absolute atomic E-state index is 0.0301. The molecule has 0 bridgehead atoms. The van der Waals surface area contributed by atoms with E-state index in [1.165, 1.54) is 18.2 Å². The molecule has 168 valence electrons. The SMILES string of the molecule is COC(=O)C1CCN(c2nc(CN3CCOCC3)nc3scc(-c4ccccc4)c23)CC1. The number of aromatic nitrogens is 2. The second kappa shape index (κ2) is 9.52. The lowest BCUT2D eigenvalue weighted by Gasteiger charge is -2.32. The van der Waals surface area contributed by atoms with E-state index >= 15 is 0 Å². The Bertz CT molecular complexity index is 1070. The molecule has 2 aromatic heterocycles. The molecule has 2 fully saturated rings. The molecule has 0 N–H and O–H groups in total. The van der Waals surface area contributed by atoms with Gasteiger partial charge < -0.3 is 14.4 Å². The Morgan fingerprint density at radius 2 is 1.88 bits per heavy atom. The van der Waals surface area contributed by atoms with Crippen LogP contribution >= 0.6 is 11.3 Å². The standard InChI is InChI=1S/C24H28N4O3S/c1-30-24(29)18-7-9-28(10-8-18)22-21-19(17-5-3-2-4-6-17)16-32-23(21)26-20(25-22)15-27-11-13-31-14-12-27/h2-6,16,18H,7-15H2,1H3. The lowest BCUT2D eigenvalue weighted by Crippen LogP contribution is -2.38. The van der Waals surface area contributed by atoms with Crippen molar-refractivity contribution in [2.24, 2.45) is 5.92 Å². The van der Waals surface area contributed by atoms with Gasteiger partial charge in [-0.1, -0.05) is 30.3 Å². The number of morpholine rings is 1. The fourth-order valence-electron chi connectivity index (χ4n) is 4.55. The van der Waals surface area contributed by atoms with Gasteiger partial charge in [-0.25, -0.2) is 9.97 Å². The second-order valence-corrected chi connectivity index (χ2v) is 9.19. The molecule has 3 aromatic rings. The number of hydrogen-bond donors (Lipinski definition) is 0. The zero-order valence-electron chi connectivity index (χ0n) is 18.3. The van der Waals surface area contributed by atoms with Crippen LogP contribution in [-0.2, 0) is 20.8 Å². The van der Waals surface area contributed by atoms with E-state index < -0.39 is 0 Å². The summed E-state index contributed by atoms with van der Waals surface area (Å²) >= 11 is 1.68. The molecule has 0 radical (unpaired) electrons. The van der Waals surface area contributed by atoms with Crippen molar-refractivity contribution < 1.29 is 14.3 Å². The average molecular weight is 453 g/mol. The second-order valence-electron chi connectivity index (χ2n) is 8.33. The summed E-state index contributed by atoms with van der Waals surface area (Å²) in [5, 5.41) is 3.31. The summed E-state index contributed by atoms with van der Waals surface area (Å²) in [6.07, 6.45) is 1.56. The highest BCUT2D eigenvalue weighted by atomic mass is 32.1. The van der Waals surface area contributed by atoms with Crippen LogP contribution in [0.5, 0.6) is 0 Å². The Balaban J connectivity index is 1.51. The van der Waals surface area contributed by atoms with E-state index in [4.69, 9.17) is 19.4 Å². The maximum Gasteiger partial charge on any atom is 0.308 e. The van der Waals surface area contributed by atoms with E-state index in [2.05, 4.69) is 39.4 Å². The Kier molecular flexibility index (Phi) is 6.34. The molecule has 0 spiro atoms. The van der Waals surface area contributed by atoms with Crippen LogP contribution in [0.4, 0.5) is 5.82 Å². The maximum absolute atomic E-state index is 12.0. The third-order valence-corrected chi connectivity index (χ3v) is 7.22. The molecule has 0 aliphatic carbocycles. The molecule has 5 rings (SSSR count). The van der Waals surface area contributed by atoms with Gasteiger partial charge in [-0.05, 0) is 18.4 Å². The predicted octanol–water partition coefficient (Wildman–Crippen LogP) is 3.58. The van der Waals surface area contributed by atoms with Gasteiger partial charge in [0.15, 0.2) is 0 Å². The van der Waals surface area contributed by atoms with Gasteiger partial charge in [0.05, 0.1) is 38.2 Å². The number of anilines is 1. The lowest BCUT2D eigenvalue weighted by atomic mass is 9.96. The number of ether oxygens (including phenoxy) is 2. The van der Waals surface area contributed by atoms with Gasteiger partial charge in [0.1, 0.15) is 16.5 Å². The molecule has 2 aliphatic heterocycles. The number of thiophene rings is 1. The Labute approximate surface area is 192 Å². The molecule has 2 saturated heterocycles. The van der Waals surface area contributed by atoms with Gasteiger partial charge in [-0.3, -0.25) is 9.69 Å². The van der Waals surface area contributed by atoms with Gasteiger partial charge in [0.2, 0.25) is 0 Å². The van der Waals surface area contributed by atoms with Gasteiger partial charge in [-0.2, -0.15) is 0 Å². The molecule has 1 aromatic carbocycles. The van der Waals surface area contributed by atoms with Crippen molar-refractivity contribution in [2.75, 3.05) is 51.4 Å². The smallest absolute Gasteiger partial charge is 0.308 e. The number of methoxy groups -OCH3 is 1. The van der Waals surface area contributed by atoms with Crippen LogP contribution in [0.1, 0.15) is 18.7 Å². The van der Waals surface area contributed by atoms with E-state index in [9.17, 15) is 4.79 Å². The molecule has 2 aliphatic rings. The van der Waals surface area contributed by atoms with Crippen molar-refractivity contribution in [3.63, 3.8) is 0 Å². The number of nitrogens with zero attached hydrogens (tertiary/aromatic N) is 4. The van der Waals surface area contributed by atoms with E-state index in [1.807, 2.05) is 6.07 Å². The monoisotopic (exact) mass is 452 g/mol. The Morgan fingerprint density at radius 1 is 1.12 bits per heavy atom. The third kappa shape index (κ3) is 4.35. The van der Waals surface area contributed by atoms with Crippen molar-refractivity contribution in [1.82, 2.24) is 14.9 Å². The van der Waals surface area contributed by atoms with Crippen LogP contribution in [0.2, 0.25) is 0 Å². The molecule has 0 amide bonds. The van der Waals surface area contributed by atoms with Gasteiger partial charge in [0, 0.05) is 37.1 Å². The molecule has 4 heterocycles. The van der Waals surface area contributed by atoms with Gasteiger partial charge in [-0.15, -0.1) is 11.3 Å². The molecular formula is C24H28N4O3S. The predicted molar refractivity (Wildman–Crippen MR) is 126 cm³/mol. The largest absolute Gasteiger partial charge is 0.469 e. The van der Waals surface area contributed by atoms with Crippen molar-refractivity contribution in [3.8, 4) is 11.1 Å². The van der Waals surface area contributed by atoms with Crippen molar-refractivity contribution in [3.05, 3.63) is 41.5 Å². The van der Waals surface area contributed by atoms with Crippen LogP contribution in [0.3, 0.4) is 0 Å². The summed E-state index contributed by atoms with van der Waals surface area (Å²) in [5.74, 6) is 1.70. The summed E-state index contributed by atoms with van der Waals surface area (Å²) in [4.78, 5) is 27.8. The number of rotatable bonds is 5. The normalized spacial score (nSPS) is 18.2. The molecular weight excluding hydrogens is 424 g/mol. The highest BCUT2D eigenvalue weighted by Gasteiger charge is 2.28. The molecule has 32 heavy (non-hydrogen) atoms. The third-order valence-electron chi connectivity index (χ3n) is 6.34. The summed E-state index contributed by atoms with van der Waals surface area (Å²) in [6, 6.07) is 10.4. The molecule has 0 atom stereocenters. The molecule has 7 nitrogen and oxygen atoms in total. The van der Waals surface area contributed by atoms with Crippen LogP contribution in [0, 0.1) is 5.92 Å². The quantitative estimate of drug-likeness (QED) is 0.548. The molecule has 0 saturated carbocycles. The number of carbonyl (C=O) groups is 1. The van der Waals surface area contributed by atoms with E-state index in [1.54, 1.807) is 11.3 Å². The first-order valence-corrected chi connectivity index (χ1v) is 12.1. The van der Waals surface area contributed by atoms with Gasteiger partial charge in [0.25, 0.3) is 0 Å². The van der Waals surface area contributed by atoms with Crippen molar-refractivity contribution >= 4 is 33.3 Å². The summed E-state index contributed by atoms with van der Waals surface area (Å²) in [7, 11) is 1.47. The number of hydrogen-bond acceptors (Lipinski definition) is 8. The van der Waals surface area contributed by atoms with Crippen molar-refractivity contribution in [2.45, 2.75) is 19.4 Å². The van der Waals surface area contributed by atoms with Crippen LogP contribution in [0.15, 0.2) is 35.7 Å². The molecule has 8 heteroatoms. The Morgan fingerprint density at radius 3 is 2.59 bits per heavy atom. The fourth-order valence-corrected chi connectivity index (χ4v) is 5.51. The zero-order chi connectivity index (χ0) is 21.9. The number of esters is 1. The van der Waals surface area contributed by atoms with E-state index in [0.717, 1.165) is 80.6 Å². The summed E-state index contributed by atoms with van der Waals surface area (Å²) in [6.45, 7) is 5.62. The number of carbonyl (C=O) groups excluding carboxylic acids is 1. The number of piperidine rings is 1. The van der Waals surface area contributed by atoms with Gasteiger partial charge >= 0.3 is 5.97 Å². The lowest BCUT2D eigenvalue weighted by molar-refractivity contribution is -0.146. The fraction of sp³-hybridized carbons (Fsp3) is 0.458. The van der Waals surface area contributed by atoms with Crippen LogP contribution < -0.4 is 4.90 Å². The highest BCUT2D eigenvalue weighted by Crippen LogP contribution is 2.39. The first-order valence-electron chi connectivity index (χ1n) is 11.2. The van der Waals surface area contributed by atoms with Crippen LogP contribution in [0.25, 0.3) is 21.3 Å². The minimum Gasteiger partial charge on any atom is -0.469 e. The molecule has 0 unspecified atom stereocenters. The number of fused-ring (bicyclic) bond motifs is 1. The first kappa shape index (κ1) is 21.3. The average Bonchev–Trinajstić information content (AvgIpc) is 3.28. The number of benzene rings is 1. The van der Waals surface area contributed by atoms with Crippen molar-refractivity contribution in [1.29, 1.82) is 0 Å².